The summed E-state index contributed by atoms with van der Waals surface area (Å²) in [4.78, 5) is 14.2. The quantitative estimate of drug-likeness (QED) is 0.727. The first-order valence-electron chi connectivity index (χ1n) is 8.12. The minimum atomic E-state index is 0.179. The molecule has 1 unspecified atom stereocenters. The molecule has 0 aromatic rings. The fraction of sp³-hybridized carbons (Fsp3) is 0.812. The molecule has 4 nitrogen and oxygen atoms in total. The van der Waals surface area contributed by atoms with Gasteiger partial charge in [0.2, 0.25) is 5.91 Å². The van der Waals surface area contributed by atoms with E-state index in [0.29, 0.717) is 12.6 Å². The van der Waals surface area contributed by atoms with Crippen molar-refractivity contribution < 1.29 is 4.79 Å². The van der Waals surface area contributed by atoms with Crippen LogP contribution in [0.15, 0.2) is 11.6 Å². The van der Waals surface area contributed by atoms with Crippen LogP contribution in [0.25, 0.3) is 0 Å². The maximum atomic E-state index is 12.0. The Balaban J connectivity index is 1.61. The van der Waals surface area contributed by atoms with Crippen molar-refractivity contribution in [2.45, 2.75) is 51.0 Å². The number of hydrogen-bond acceptors (Lipinski definition) is 3. The summed E-state index contributed by atoms with van der Waals surface area (Å²) in [6.07, 6.45) is 10.9. The van der Waals surface area contributed by atoms with Gasteiger partial charge in [-0.1, -0.05) is 11.6 Å². The molecule has 114 valence electrons. The molecular weight excluding hydrogens is 250 g/mol. The fourth-order valence-electron chi connectivity index (χ4n) is 3.19. The molecule has 1 aliphatic heterocycles. The van der Waals surface area contributed by atoms with Gasteiger partial charge in [0.15, 0.2) is 0 Å². The average Bonchev–Trinajstić information content (AvgIpc) is 2.48. The van der Waals surface area contributed by atoms with Crippen LogP contribution in [0, 0.1) is 0 Å². The molecular formula is C16H29N3O. The van der Waals surface area contributed by atoms with Crippen LogP contribution in [0.3, 0.4) is 0 Å². The van der Waals surface area contributed by atoms with E-state index in [9.17, 15) is 4.79 Å². The van der Waals surface area contributed by atoms with Crippen molar-refractivity contribution in [3.05, 3.63) is 11.6 Å². The molecule has 2 N–H and O–H groups in total. The van der Waals surface area contributed by atoms with Crippen molar-refractivity contribution in [1.29, 1.82) is 0 Å². The number of hydrogen-bond donors (Lipinski definition) is 2. The van der Waals surface area contributed by atoms with Gasteiger partial charge >= 0.3 is 0 Å². The summed E-state index contributed by atoms with van der Waals surface area (Å²) in [5.74, 6) is 0.179. The van der Waals surface area contributed by atoms with E-state index >= 15 is 0 Å². The second-order valence-corrected chi connectivity index (χ2v) is 6.07. The van der Waals surface area contributed by atoms with Crippen molar-refractivity contribution in [2.24, 2.45) is 0 Å². The number of carbonyl (C=O) groups excluding carboxylic acids is 1. The highest BCUT2D eigenvalue weighted by atomic mass is 16.2. The molecule has 0 aromatic heterocycles. The molecule has 1 heterocycles. The van der Waals surface area contributed by atoms with Crippen molar-refractivity contribution in [1.82, 2.24) is 15.5 Å². The Kier molecular flexibility index (Phi) is 6.54. The van der Waals surface area contributed by atoms with Crippen LogP contribution >= 0.6 is 0 Å². The summed E-state index contributed by atoms with van der Waals surface area (Å²) in [6, 6.07) is 0.545. The van der Waals surface area contributed by atoms with E-state index in [0.717, 1.165) is 26.1 Å². The van der Waals surface area contributed by atoms with Crippen LogP contribution in [0.2, 0.25) is 0 Å². The number of allylic oxidation sites excluding steroid dienone is 1. The number of piperidine rings is 1. The Morgan fingerprint density at radius 2 is 2.30 bits per heavy atom. The van der Waals surface area contributed by atoms with E-state index in [2.05, 4.69) is 21.6 Å². The highest BCUT2D eigenvalue weighted by Gasteiger charge is 2.20. The minimum absolute atomic E-state index is 0.179. The van der Waals surface area contributed by atoms with E-state index in [1.54, 1.807) is 0 Å². The maximum Gasteiger partial charge on any atom is 0.234 e. The topological polar surface area (TPSA) is 44.4 Å². The molecule has 0 spiro atoms. The van der Waals surface area contributed by atoms with Gasteiger partial charge in [0.1, 0.15) is 0 Å². The zero-order valence-electron chi connectivity index (χ0n) is 12.8. The van der Waals surface area contributed by atoms with Crippen molar-refractivity contribution >= 4 is 5.91 Å². The molecule has 1 atom stereocenters. The number of nitrogens with one attached hydrogen (secondary N) is 2. The van der Waals surface area contributed by atoms with Crippen LogP contribution in [0.5, 0.6) is 0 Å². The molecule has 2 aliphatic rings. The zero-order chi connectivity index (χ0) is 14.2. The monoisotopic (exact) mass is 279 g/mol. The molecule has 20 heavy (non-hydrogen) atoms. The smallest absolute Gasteiger partial charge is 0.234 e. The molecule has 1 fully saturated rings. The van der Waals surface area contributed by atoms with Crippen molar-refractivity contribution in [3.63, 3.8) is 0 Å². The fourth-order valence-corrected chi connectivity index (χ4v) is 3.19. The van der Waals surface area contributed by atoms with Gasteiger partial charge in [0.05, 0.1) is 6.54 Å². The van der Waals surface area contributed by atoms with E-state index in [1.165, 1.54) is 44.1 Å². The number of carbonyl (C=O) groups is 1. The average molecular weight is 279 g/mol. The lowest BCUT2D eigenvalue weighted by Gasteiger charge is -2.31. The second-order valence-electron chi connectivity index (χ2n) is 6.07. The lowest BCUT2D eigenvalue weighted by molar-refractivity contribution is -0.122. The number of nitrogens with zero attached hydrogens (tertiary/aromatic N) is 1. The summed E-state index contributed by atoms with van der Waals surface area (Å²) in [5.41, 5.74) is 1.53. The van der Waals surface area contributed by atoms with Gasteiger partial charge in [0.25, 0.3) is 0 Å². The molecule has 1 amide bonds. The molecule has 0 radical (unpaired) electrons. The Labute approximate surface area is 123 Å². The van der Waals surface area contributed by atoms with Gasteiger partial charge in [-0.15, -0.1) is 0 Å². The third kappa shape index (κ3) is 5.25. The summed E-state index contributed by atoms with van der Waals surface area (Å²) < 4.78 is 0. The zero-order valence-corrected chi connectivity index (χ0v) is 12.8. The van der Waals surface area contributed by atoms with Crippen molar-refractivity contribution in [2.75, 3.05) is 33.2 Å². The highest BCUT2D eigenvalue weighted by Crippen LogP contribution is 2.19. The minimum Gasteiger partial charge on any atom is -0.355 e. The summed E-state index contributed by atoms with van der Waals surface area (Å²) in [5, 5.41) is 6.38. The number of rotatable bonds is 6. The largest absolute Gasteiger partial charge is 0.355 e. The first-order chi connectivity index (χ1) is 9.78. The molecule has 0 aromatic carbocycles. The van der Waals surface area contributed by atoms with E-state index in [4.69, 9.17) is 0 Å². The maximum absolute atomic E-state index is 12.0. The molecule has 4 heteroatoms. The standard InChI is InChI=1S/C16H29N3O/c1-17-15-8-5-11-19(12-15)13-16(20)18-10-9-14-6-3-2-4-7-14/h6,15,17H,2-5,7-13H2,1H3,(H,18,20). The van der Waals surface area contributed by atoms with Crippen LogP contribution in [0.4, 0.5) is 0 Å². The lowest BCUT2D eigenvalue weighted by atomic mass is 9.97. The lowest BCUT2D eigenvalue weighted by Crippen LogP contribution is -2.48. The Bertz CT molecular complexity index is 341. The van der Waals surface area contributed by atoms with E-state index in [1.807, 2.05) is 7.05 Å². The first kappa shape index (κ1) is 15.5. The van der Waals surface area contributed by atoms with Gasteiger partial charge in [-0.3, -0.25) is 9.69 Å². The Hall–Kier alpha value is -0.870. The molecule has 1 aliphatic carbocycles. The molecule has 0 bridgehead atoms. The van der Waals surface area contributed by atoms with Gasteiger partial charge in [-0.05, 0) is 58.5 Å². The Morgan fingerprint density at radius 3 is 3.05 bits per heavy atom. The van der Waals surface area contributed by atoms with E-state index in [-0.39, 0.29) is 5.91 Å². The van der Waals surface area contributed by atoms with Gasteiger partial charge in [-0.25, -0.2) is 0 Å². The highest BCUT2D eigenvalue weighted by molar-refractivity contribution is 5.78. The molecule has 0 saturated carbocycles. The third-order valence-electron chi connectivity index (χ3n) is 4.43. The van der Waals surface area contributed by atoms with Gasteiger partial charge in [0, 0.05) is 19.1 Å². The van der Waals surface area contributed by atoms with Crippen LogP contribution in [-0.4, -0.2) is 50.1 Å². The summed E-state index contributed by atoms with van der Waals surface area (Å²) in [7, 11) is 2.01. The molecule has 2 rings (SSSR count). The normalized spacial score (nSPS) is 24.2. The summed E-state index contributed by atoms with van der Waals surface area (Å²) in [6.45, 7) is 3.40. The van der Waals surface area contributed by atoms with Gasteiger partial charge < -0.3 is 10.6 Å². The van der Waals surface area contributed by atoms with Gasteiger partial charge in [-0.2, -0.15) is 0 Å². The number of amides is 1. The number of likely N-dealkylation sites (N-methyl/N-ethyl adjacent to an activating group) is 1. The molecule has 1 saturated heterocycles. The predicted octanol–water partition coefficient (Wildman–Crippen LogP) is 1.68. The van der Waals surface area contributed by atoms with Crippen LogP contribution in [-0.2, 0) is 4.79 Å². The Morgan fingerprint density at radius 1 is 1.40 bits per heavy atom. The second kappa shape index (κ2) is 8.42. The summed E-state index contributed by atoms with van der Waals surface area (Å²) >= 11 is 0. The van der Waals surface area contributed by atoms with E-state index < -0.39 is 0 Å². The van der Waals surface area contributed by atoms with Crippen LogP contribution < -0.4 is 10.6 Å². The third-order valence-corrected chi connectivity index (χ3v) is 4.43. The first-order valence-corrected chi connectivity index (χ1v) is 8.12. The van der Waals surface area contributed by atoms with Crippen LogP contribution in [0.1, 0.15) is 44.9 Å². The van der Waals surface area contributed by atoms with Crippen molar-refractivity contribution in [3.8, 4) is 0 Å². The SMILES string of the molecule is CNC1CCCN(CC(=O)NCCC2=CCCCC2)C1. The predicted molar refractivity (Wildman–Crippen MR) is 82.7 cm³/mol. The number of likely N-dealkylation sites (tertiary alicyclic amines) is 1.